The van der Waals surface area contributed by atoms with Gasteiger partial charge in [0.2, 0.25) is 10.0 Å². The zero-order chi connectivity index (χ0) is 13.2. The molecule has 100 valence electrons. The van der Waals surface area contributed by atoms with Gasteiger partial charge in [0.1, 0.15) is 0 Å². The molecule has 1 aliphatic carbocycles. The van der Waals surface area contributed by atoms with Gasteiger partial charge in [-0.2, -0.15) is 0 Å². The van der Waals surface area contributed by atoms with Crippen molar-refractivity contribution in [1.29, 1.82) is 0 Å². The lowest BCUT2D eigenvalue weighted by molar-refractivity contribution is -0.0659. The van der Waals surface area contributed by atoms with Gasteiger partial charge in [0, 0.05) is 18.1 Å². The molecule has 1 N–H and O–H groups in total. The van der Waals surface area contributed by atoms with E-state index < -0.39 is 10.0 Å². The number of nitrogens with one attached hydrogen (secondary N) is 1. The third-order valence-corrected chi connectivity index (χ3v) is 5.28. The molecule has 0 bridgehead atoms. The van der Waals surface area contributed by atoms with E-state index in [4.69, 9.17) is 4.74 Å². The maximum absolute atomic E-state index is 12.1. The van der Waals surface area contributed by atoms with Crippen molar-refractivity contribution in [3.05, 3.63) is 28.7 Å². The molecule has 6 heteroatoms. The van der Waals surface area contributed by atoms with Gasteiger partial charge in [0.15, 0.2) is 0 Å². The van der Waals surface area contributed by atoms with E-state index in [1.54, 1.807) is 31.4 Å². The van der Waals surface area contributed by atoms with Crippen LogP contribution in [0.25, 0.3) is 0 Å². The molecule has 0 heterocycles. The third-order valence-electron chi connectivity index (χ3n) is 3.39. The summed E-state index contributed by atoms with van der Waals surface area (Å²) in [7, 11) is -1.83. The summed E-state index contributed by atoms with van der Waals surface area (Å²) >= 11 is 3.27. The van der Waals surface area contributed by atoms with Crippen molar-refractivity contribution in [2.45, 2.75) is 29.8 Å². The van der Waals surface area contributed by atoms with Gasteiger partial charge >= 0.3 is 0 Å². The fourth-order valence-corrected chi connectivity index (χ4v) is 3.68. The quantitative estimate of drug-likeness (QED) is 0.899. The first-order valence-electron chi connectivity index (χ1n) is 5.78. The van der Waals surface area contributed by atoms with Crippen molar-refractivity contribution in [2.24, 2.45) is 0 Å². The second kappa shape index (κ2) is 5.28. The molecular formula is C12H16BrNO3S. The van der Waals surface area contributed by atoms with Crippen molar-refractivity contribution < 1.29 is 13.2 Å². The van der Waals surface area contributed by atoms with Gasteiger partial charge in [-0.15, -0.1) is 0 Å². The molecule has 18 heavy (non-hydrogen) atoms. The third kappa shape index (κ3) is 2.93. The summed E-state index contributed by atoms with van der Waals surface area (Å²) in [5.74, 6) is 0. The molecule has 0 aliphatic heterocycles. The number of hydrogen-bond acceptors (Lipinski definition) is 3. The van der Waals surface area contributed by atoms with E-state index in [2.05, 4.69) is 20.7 Å². The minimum absolute atomic E-state index is 0.266. The maximum Gasteiger partial charge on any atom is 0.240 e. The van der Waals surface area contributed by atoms with Gasteiger partial charge < -0.3 is 4.74 Å². The first-order valence-corrected chi connectivity index (χ1v) is 8.05. The van der Waals surface area contributed by atoms with Gasteiger partial charge in [-0.05, 0) is 37.5 Å². The summed E-state index contributed by atoms with van der Waals surface area (Å²) < 4.78 is 33.0. The standard InChI is InChI=1S/C12H16BrNO3S/c1-17-12(6-3-7-12)9-14-18(15,16)11-5-2-4-10(13)8-11/h2,4-5,8,14H,3,6-7,9H2,1H3. The molecule has 0 saturated heterocycles. The van der Waals surface area contributed by atoms with Crippen molar-refractivity contribution in [2.75, 3.05) is 13.7 Å². The minimum Gasteiger partial charge on any atom is -0.377 e. The maximum atomic E-state index is 12.1. The van der Waals surface area contributed by atoms with Crippen LogP contribution >= 0.6 is 15.9 Å². The van der Waals surface area contributed by atoms with E-state index in [0.717, 1.165) is 23.7 Å². The van der Waals surface area contributed by atoms with Crippen LogP contribution in [0.2, 0.25) is 0 Å². The van der Waals surface area contributed by atoms with Crippen LogP contribution in [0.1, 0.15) is 19.3 Å². The van der Waals surface area contributed by atoms with Gasteiger partial charge in [0.05, 0.1) is 10.5 Å². The average molecular weight is 334 g/mol. The van der Waals surface area contributed by atoms with Crippen LogP contribution in [0.15, 0.2) is 33.6 Å². The fraction of sp³-hybridized carbons (Fsp3) is 0.500. The molecule has 1 aromatic rings. The molecule has 0 spiro atoms. The second-order valence-corrected chi connectivity index (χ2v) is 7.21. The summed E-state index contributed by atoms with van der Waals surface area (Å²) in [6, 6.07) is 6.66. The molecule has 1 aliphatic rings. The zero-order valence-corrected chi connectivity index (χ0v) is 12.6. The van der Waals surface area contributed by atoms with Crippen LogP contribution in [0.3, 0.4) is 0 Å². The largest absolute Gasteiger partial charge is 0.377 e. The molecule has 0 unspecified atom stereocenters. The zero-order valence-electron chi connectivity index (χ0n) is 10.1. The van der Waals surface area contributed by atoms with E-state index in [1.807, 2.05) is 0 Å². The SMILES string of the molecule is COC1(CNS(=O)(=O)c2cccc(Br)c2)CCC1. The van der Waals surface area contributed by atoms with Crippen molar-refractivity contribution >= 4 is 26.0 Å². The Kier molecular flexibility index (Phi) is 4.11. The predicted octanol–water partition coefficient (Wildman–Crippen LogP) is 2.30. The first kappa shape index (κ1) is 14.0. The van der Waals surface area contributed by atoms with Crippen LogP contribution in [0, 0.1) is 0 Å². The van der Waals surface area contributed by atoms with Crippen molar-refractivity contribution in [3.8, 4) is 0 Å². The Morgan fingerprint density at radius 2 is 2.17 bits per heavy atom. The molecule has 1 aromatic carbocycles. The number of benzene rings is 1. The molecule has 4 nitrogen and oxygen atoms in total. The number of halogens is 1. The Morgan fingerprint density at radius 1 is 1.44 bits per heavy atom. The first-order chi connectivity index (χ1) is 8.47. The summed E-state index contributed by atoms with van der Waals surface area (Å²) in [6.45, 7) is 0.332. The van der Waals surface area contributed by atoms with Crippen molar-refractivity contribution in [1.82, 2.24) is 4.72 Å². The highest BCUT2D eigenvalue weighted by atomic mass is 79.9. The van der Waals surface area contributed by atoms with Crippen molar-refractivity contribution in [3.63, 3.8) is 0 Å². The Morgan fingerprint density at radius 3 is 2.67 bits per heavy atom. The highest BCUT2D eigenvalue weighted by Gasteiger charge is 2.37. The lowest BCUT2D eigenvalue weighted by atomic mass is 9.80. The van der Waals surface area contributed by atoms with Gasteiger partial charge in [0.25, 0.3) is 0 Å². The Bertz CT molecular complexity index is 520. The molecule has 0 aromatic heterocycles. The summed E-state index contributed by atoms with van der Waals surface area (Å²) in [4.78, 5) is 0.266. The highest BCUT2D eigenvalue weighted by molar-refractivity contribution is 9.10. The van der Waals surface area contributed by atoms with Crippen LogP contribution < -0.4 is 4.72 Å². The second-order valence-electron chi connectivity index (χ2n) is 4.52. The smallest absolute Gasteiger partial charge is 0.240 e. The van der Waals surface area contributed by atoms with Gasteiger partial charge in [-0.3, -0.25) is 0 Å². The molecule has 0 amide bonds. The molecular weight excluding hydrogens is 318 g/mol. The van der Waals surface area contributed by atoms with E-state index in [-0.39, 0.29) is 10.5 Å². The highest BCUT2D eigenvalue weighted by Crippen LogP contribution is 2.34. The van der Waals surface area contributed by atoms with E-state index >= 15 is 0 Å². The number of methoxy groups -OCH3 is 1. The molecule has 1 saturated carbocycles. The fourth-order valence-electron chi connectivity index (χ4n) is 1.97. The number of ether oxygens (including phenoxy) is 1. The van der Waals surface area contributed by atoms with Crippen LogP contribution in [0.4, 0.5) is 0 Å². The van der Waals surface area contributed by atoms with Crippen LogP contribution in [0.5, 0.6) is 0 Å². The Labute approximate surface area is 116 Å². The summed E-state index contributed by atoms with van der Waals surface area (Å²) in [6.07, 6.45) is 2.90. The monoisotopic (exact) mass is 333 g/mol. The van der Waals surface area contributed by atoms with Gasteiger partial charge in [-0.25, -0.2) is 13.1 Å². The number of hydrogen-bond donors (Lipinski definition) is 1. The predicted molar refractivity (Wildman–Crippen MR) is 72.9 cm³/mol. The summed E-state index contributed by atoms with van der Waals surface area (Å²) in [5, 5.41) is 0. The van der Waals surface area contributed by atoms with E-state index in [1.165, 1.54) is 0 Å². The van der Waals surface area contributed by atoms with Gasteiger partial charge in [-0.1, -0.05) is 22.0 Å². The molecule has 0 atom stereocenters. The number of rotatable bonds is 5. The average Bonchev–Trinajstić information content (AvgIpc) is 2.28. The van der Waals surface area contributed by atoms with Crippen LogP contribution in [-0.2, 0) is 14.8 Å². The minimum atomic E-state index is -3.46. The molecule has 0 radical (unpaired) electrons. The van der Waals surface area contributed by atoms with E-state index in [0.29, 0.717) is 6.54 Å². The van der Waals surface area contributed by atoms with Crippen LogP contribution in [-0.4, -0.2) is 27.7 Å². The molecule has 1 fully saturated rings. The lowest BCUT2D eigenvalue weighted by Crippen LogP contribution is -2.49. The normalized spacial score (nSPS) is 18.3. The topological polar surface area (TPSA) is 55.4 Å². The molecule has 2 rings (SSSR count). The summed E-state index contributed by atoms with van der Waals surface area (Å²) in [5.41, 5.74) is -0.306. The number of sulfonamides is 1. The Hall–Kier alpha value is -0.430. The van der Waals surface area contributed by atoms with E-state index in [9.17, 15) is 8.42 Å². The lowest BCUT2D eigenvalue weighted by Gasteiger charge is -2.40. The Balaban J connectivity index is 2.08.